The number of halogens is 1. The summed E-state index contributed by atoms with van der Waals surface area (Å²) in [4.78, 5) is 4.63. The van der Waals surface area contributed by atoms with Gasteiger partial charge >= 0.3 is 0 Å². The Hall–Kier alpha value is -1.85. The molecule has 3 aliphatic carbocycles. The van der Waals surface area contributed by atoms with Gasteiger partial charge < -0.3 is 10.8 Å². The maximum atomic E-state index is 11.6. The van der Waals surface area contributed by atoms with Gasteiger partial charge in [-0.2, -0.15) is 0 Å². The molecule has 5 rings (SSSR count). The maximum Gasteiger partial charge on any atom is 0.111 e. The molecular formula is C32H44ClN3O. The first-order valence-corrected chi connectivity index (χ1v) is 14.2. The minimum Gasteiger partial charge on any atom is -0.511 e. The number of rotatable bonds is 4. The fourth-order valence-corrected chi connectivity index (χ4v) is 8.96. The van der Waals surface area contributed by atoms with Crippen LogP contribution < -0.4 is 5.73 Å². The summed E-state index contributed by atoms with van der Waals surface area (Å²) < 4.78 is 0. The summed E-state index contributed by atoms with van der Waals surface area (Å²) in [7, 11) is 4.16. The molecule has 0 fully saturated rings. The molecule has 5 heteroatoms. The van der Waals surface area contributed by atoms with Crippen molar-refractivity contribution in [2.24, 2.45) is 28.9 Å². The van der Waals surface area contributed by atoms with Gasteiger partial charge in [0.1, 0.15) is 5.76 Å². The second kappa shape index (κ2) is 9.41. The number of nitrogens with zero attached hydrogens (tertiary/aromatic N) is 2. The Labute approximate surface area is 228 Å². The van der Waals surface area contributed by atoms with Crippen molar-refractivity contribution in [3.05, 3.63) is 74.6 Å². The molecule has 4 aliphatic rings. The molecule has 200 valence electrons. The lowest BCUT2D eigenvalue weighted by Crippen LogP contribution is -2.55. The molecule has 0 spiro atoms. The van der Waals surface area contributed by atoms with Crippen LogP contribution in [0.15, 0.2) is 47.3 Å². The molecule has 0 bridgehead atoms. The molecule has 0 radical (unpaired) electrons. The highest BCUT2D eigenvalue weighted by Crippen LogP contribution is 2.60. The Morgan fingerprint density at radius 3 is 2.49 bits per heavy atom. The lowest BCUT2D eigenvalue weighted by Gasteiger charge is -2.56. The number of aliphatic hydroxyl groups is 1. The van der Waals surface area contributed by atoms with E-state index in [0.29, 0.717) is 17.6 Å². The Balaban J connectivity index is 1.63. The van der Waals surface area contributed by atoms with Gasteiger partial charge in [0.2, 0.25) is 0 Å². The maximum absolute atomic E-state index is 11.6. The van der Waals surface area contributed by atoms with E-state index in [4.69, 9.17) is 23.9 Å². The molecule has 3 N–H and O–H groups in total. The van der Waals surface area contributed by atoms with Crippen LogP contribution in [0.4, 0.5) is 0 Å². The van der Waals surface area contributed by atoms with Crippen LogP contribution in [0.5, 0.6) is 0 Å². The smallest absolute Gasteiger partial charge is 0.111 e. The van der Waals surface area contributed by atoms with Gasteiger partial charge in [0.25, 0.3) is 0 Å². The second-order valence-electron chi connectivity index (χ2n) is 12.7. The Morgan fingerprint density at radius 2 is 1.89 bits per heavy atom. The molecule has 1 heterocycles. The molecule has 0 saturated carbocycles. The van der Waals surface area contributed by atoms with Gasteiger partial charge in [0.05, 0.1) is 6.04 Å². The van der Waals surface area contributed by atoms with Crippen molar-refractivity contribution >= 4 is 17.2 Å². The third-order valence-corrected chi connectivity index (χ3v) is 10.2. The first kappa shape index (κ1) is 26.7. The summed E-state index contributed by atoms with van der Waals surface area (Å²) in [5.74, 6) is 1.43. The van der Waals surface area contributed by atoms with Crippen molar-refractivity contribution in [3.63, 3.8) is 0 Å². The lowest BCUT2D eigenvalue weighted by atomic mass is 9.51. The number of fused-ring (bicyclic) bond motifs is 3. The highest BCUT2D eigenvalue weighted by atomic mass is 35.5. The van der Waals surface area contributed by atoms with Crippen LogP contribution in [0.1, 0.15) is 56.4 Å². The first-order chi connectivity index (χ1) is 17.4. The van der Waals surface area contributed by atoms with Gasteiger partial charge in [-0.15, -0.1) is 0 Å². The predicted molar refractivity (Wildman–Crippen MR) is 156 cm³/mol. The molecule has 0 amide bonds. The van der Waals surface area contributed by atoms with Crippen molar-refractivity contribution in [3.8, 4) is 0 Å². The molecular weight excluding hydrogens is 478 g/mol. The summed E-state index contributed by atoms with van der Waals surface area (Å²) in [6.45, 7) is 18.8. The zero-order chi connectivity index (χ0) is 27.0. The SMILES string of the molecule is C=C1C2=C(C)C3C(CC2Cc2c(Cl)cc(CN4CC=CC4)c(C)c21)[C@@H](N(C)C)C(O)=C([C@H](C)N)C3(C)C. The Bertz CT molecular complexity index is 1230. The van der Waals surface area contributed by atoms with Crippen LogP contribution in [-0.4, -0.2) is 54.2 Å². The topological polar surface area (TPSA) is 52.7 Å². The van der Waals surface area contributed by atoms with Crippen molar-refractivity contribution in [2.75, 3.05) is 27.2 Å². The van der Waals surface area contributed by atoms with E-state index < -0.39 is 0 Å². The van der Waals surface area contributed by atoms with Crippen LogP contribution >= 0.6 is 11.6 Å². The van der Waals surface area contributed by atoms with Gasteiger partial charge in [0, 0.05) is 30.7 Å². The van der Waals surface area contributed by atoms with Crippen molar-refractivity contribution in [1.29, 1.82) is 0 Å². The molecule has 5 atom stereocenters. The second-order valence-corrected chi connectivity index (χ2v) is 13.1. The molecule has 1 aliphatic heterocycles. The minimum atomic E-state index is -0.241. The zero-order valence-electron chi connectivity index (χ0n) is 23.7. The van der Waals surface area contributed by atoms with E-state index in [2.05, 4.69) is 69.8 Å². The van der Waals surface area contributed by atoms with Crippen molar-refractivity contribution in [2.45, 2.75) is 66.1 Å². The quantitative estimate of drug-likeness (QED) is 0.457. The van der Waals surface area contributed by atoms with Crippen molar-refractivity contribution in [1.82, 2.24) is 9.80 Å². The standard InChI is InChI=1S/C32H44ClN3O/c1-17-22(16-36-11-9-10-12-36)15-25(33)23-13-21-14-24-28(19(3)26(21)18(2)27(17)23)32(5,6)29(20(4)34)31(37)30(24)35(7)8/h9-10,15,20-21,24,28,30,37H,2,11-14,16,34H2,1,3-8H3/t20-,21?,24?,28?,30+/m0/s1. The largest absolute Gasteiger partial charge is 0.511 e. The third-order valence-electron chi connectivity index (χ3n) is 9.84. The van der Waals surface area contributed by atoms with Crippen LogP contribution in [0, 0.1) is 30.1 Å². The number of aliphatic hydroxyl groups excluding tert-OH is 1. The van der Waals surface area contributed by atoms with E-state index in [1.54, 1.807) is 0 Å². The average molecular weight is 522 g/mol. The van der Waals surface area contributed by atoms with E-state index in [0.717, 1.165) is 48.6 Å². The van der Waals surface area contributed by atoms with E-state index in [-0.39, 0.29) is 23.4 Å². The summed E-state index contributed by atoms with van der Waals surface area (Å²) >= 11 is 7.02. The summed E-state index contributed by atoms with van der Waals surface area (Å²) in [6.07, 6.45) is 6.41. The fraction of sp³-hybridized carbons (Fsp3) is 0.562. The summed E-state index contributed by atoms with van der Waals surface area (Å²) in [6, 6.07) is 1.95. The molecule has 1 aromatic carbocycles. The summed E-state index contributed by atoms with van der Waals surface area (Å²) in [5.41, 5.74) is 16.4. The zero-order valence-corrected chi connectivity index (χ0v) is 24.4. The van der Waals surface area contributed by atoms with Gasteiger partial charge in [0.15, 0.2) is 0 Å². The lowest BCUT2D eigenvalue weighted by molar-refractivity contribution is 0.0471. The van der Waals surface area contributed by atoms with Crippen LogP contribution in [0.3, 0.4) is 0 Å². The fourth-order valence-electron chi connectivity index (χ4n) is 8.66. The normalized spacial score (nSPS) is 30.1. The highest BCUT2D eigenvalue weighted by Gasteiger charge is 2.54. The van der Waals surface area contributed by atoms with Gasteiger partial charge in [-0.1, -0.05) is 49.8 Å². The Kier molecular flexibility index (Phi) is 6.80. The van der Waals surface area contributed by atoms with Crippen molar-refractivity contribution < 1.29 is 5.11 Å². The number of nitrogens with two attached hydrogens (primary N) is 1. The number of benzene rings is 1. The third kappa shape index (κ3) is 4.07. The van der Waals surface area contributed by atoms with Crippen LogP contribution in [-0.2, 0) is 13.0 Å². The highest BCUT2D eigenvalue weighted by molar-refractivity contribution is 6.32. The van der Waals surface area contributed by atoms with Gasteiger partial charge in [-0.05, 0) is 116 Å². The molecule has 3 unspecified atom stereocenters. The molecule has 0 saturated heterocycles. The minimum absolute atomic E-state index is 0.0427. The van der Waals surface area contributed by atoms with Gasteiger partial charge in [-0.25, -0.2) is 0 Å². The molecule has 37 heavy (non-hydrogen) atoms. The number of hydrogen-bond acceptors (Lipinski definition) is 4. The molecule has 4 nitrogen and oxygen atoms in total. The first-order valence-electron chi connectivity index (χ1n) is 13.8. The predicted octanol–water partition coefficient (Wildman–Crippen LogP) is 6.29. The van der Waals surface area contributed by atoms with Crippen LogP contribution in [0.25, 0.3) is 5.57 Å². The monoisotopic (exact) mass is 521 g/mol. The van der Waals surface area contributed by atoms with E-state index >= 15 is 0 Å². The number of hydrogen-bond donors (Lipinski definition) is 2. The van der Waals surface area contributed by atoms with E-state index in [1.165, 1.54) is 33.4 Å². The molecule has 1 aromatic rings. The van der Waals surface area contributed by atoms with Crippen LogP contribution in [0.2, 0.25) is 5.02 Å². The summed E-state index contributed by atoms with van der Waals surface area (Å²) in [5, 5.41) is 12.4. The number of likely N-dealkylation sites (N-methyl/N-ethyl adjacent to an activating group) is 1. The average Bonchev–Trinajstić information content (AvgIpc) is 3.28. The number of allylic oxidation sites excluding steroid dienone is 3. The van der Waals surface area contributed by atoms with E-state index in [9.17, 15) is 5.11 Å². The Morgan fingerprint density at radius 1 is 1.24 bits per heavy atom. The molecule has 0 aromatic heterocycles. The van der Waals surface area contributed by atoms with Gasteiger partial charge in [-0.3, -0.25) is 9.80 Å². The van der Waals surface area contributed by atoms with E-state index in [1.807, 2.05) is 6.92 Å².